The van der Waals surface area contributed by atoms with Crippen LogP contribution in [0.15, 0.2) is 46.1 Å². The number of rotatable bonds is 3. The van der Waals surface area contributed by atoms with Gasteiger partial charge in [-0.15, -0.1) is 0 Å². The molecule has 0 saturated heterocycles. The molecule has 2 N–H and O–H groups in total. The predicted molar refractivity (Wildman–Crippen MR) is 100.0 cm³/mol. The van der Waals surface area contributed by atoms with E-state index in [0.29, 0.717) is 27.8 Å². The van der Waals surface area contributed by atoms with Crippen LogP contribution in [0.1, 0.15) is 29.9 Å². The summed E-state index contributed by atoms with van der Waals surface area (Å²) in [5.74, 6) is 0.627. The molecule has 1 aliphatic heterocycles. The molecule has 0 unspecified atom stereocenters. The molecule has 0 radical (unpaired) electrons. The Kier molecular flexibility index (Phi) is 4.73. The van der Waals surface area contributed by atoms with Crippen LogP contribution in [0.2, 0.25) is 0 Å². The Hall–Kier alpha value is -3.18. The Morgan fingerprint density at radius 3 is 2.85 bits per heavy atom. The van der Waals surface area contributed by atoms with Gasteiger partial charge in [0.15, 0.2) is 10.9 Å². The van der Waals surface area contributed by atoms with Crippen molar-refractivity contribution in [2.45, 2.75) is 19.9 Å². The van der Waals surface area contributed by atoms with E-state index in [0.717, 1.165) is 11.3 Å². The zero-order chi connectivity index (χ0) is 18.8. The summed E-state index contributed by atoms with van der Waals surface area (Å²) in [7, 11) is 1.79. The number of carbonyl (C=O) groups is 1. The largest absolute Gasteiger partial charge is 0.360 e. The van der Waals surface area contributed by atoms with Gasteiger partial charge >= 0.3 is 0 Å². The lowest BCUT2D eigenvalue weighted by Gasteiger charge is -2.35. The van der Waals surface area contributed by atoms with Crippen molar-refractivity contribution < 1.29 is 9.32 Å². The van der Waals surface area contributed by atoms with E-state index in [4.69, 9.17) is 22.0 Å². The molecule has 2 heterocycles. The van der Waals surface area contributed by atoms with Gasteiger partial charge in [0.2, 0.25) is 0 Å². The van der Waals surface area contributed by atoms with Gasteiger partial charge in [-0.3, -0.25) is 4.79 Å². The van der Waals surface area contributed by atoms with Crippen LogP contribution in [0.3, 0.4) is 0 Å². The number of benzene rings is 1. The van der Waals surface area contributed by atoms with Gasteiger partial charge in [-0.2, -0.15) is 5.26 Å². The second-order valence-corrected chi connectivity index (χ2v) is 6.34. The molecule has 0 fully saturated rings. The van der Waals surface area contributed by atoms with Crippen molar-refractivity contribution in [3.05, 3.63) is 58.5 Å². The molecule has 0 saturated carbocycles. The van der Waals surface area contributed by atoms with Crippen LogP contribution < -0.4 is 10.6 Å². The molecule has 7 nitrogen and oxygen atoms in total. The third-order valence-corrected chi connectivity index (χ3v) is 4.61. The normalized spacial score (nSPS) is 16.9. The molecular weight excluding hydrogens is 350 g/mol. The first-order chi connectivity index (χ1) is 12.4. The van der Waals surface area contributed by atoms with Crippen molar-refractivity contribution in [3.63, 3.8) is 0 Å². The van der Waals surface area contributed by atoms with E-state index in [1.807, 2.05) is 13.0 Å². The monoisotopic (exact) mass is 367 g/mol. The van der Waals surface area contributed by atoms with E-state index < -0.39 is 6.04 Å². The van der Waals surface area contributed by atoms with Crippen LogP contribution in [0.4, 0.5) is 5.82 Å². The maximum absolute atomic E-state index is 13.0. The van der Waals surface area contributed by atoms with Crippen LogP contribution in [0.25, 0.3) is 0 Å². The predicted octanol–water partition coefficient (Wildman–Crippen LogP) is 2.63. The lowest BCUT2D eigenvalue weighted by atomic mass is 9.93. The van der Waals surface area contributed by atoms with E-state index in [1.54, 1.807) is 43.1 Å². The summed E-state index contributed by atoms with van der Waals surface area (Å²) in [6.07, 6.45) is 0. The molecule has 1 aromatic heterocycles. The summed E-state index contributed by atoms with van der Waals surface area (Å²) in [5.41, 5.74) is 2.51. The number of nitriles is 1. The van der Waals surface area contributed by atoms with Gasteiger partial charge in [-0.05, 0) is 43.8 Å². The molecule has 1 aromatic carbocycles. The van der Waals surface area contributed by atoms with Crippen molar-refractivity contribution in [1.29, 1.82) is 5.26 Å². The number of aromatic nitrogens is 1. The second-order valence-electron chi connectivity index (χ2n) is 5.95. The molecule has 132 valence electrons. The molecule has 8 heteroatoms. The number of hydrogen-bond donors (Lipinski definition) is 2. The minimum atomic E-state index is -0.472. The topological polar surface area (TPSA) is 94.2 Å². The standard InChI is InChI=1S/C18H17N5O2S/c1-10-7-14(22-25-10)20-17(24)15-11(2)23(3)18(26)21-16(15)13-6-4-5-12(8-13)9-19/h4-8,16H,1-3H3,(H,21,26)(H,20,22,24)/t16-/m1/s1. The number of carbonyl (C=O) groups excluding carboxylic acids is 1. The summed E-state index contributed by atoms with van der Waals surface area (Å²) in [6.45, 7) is 3.58. The minimum Gasteiger partial charge on any atom is -0.360 e. The zero-order valence-electron chi connectivity index (χ0n) is 14.5. The molecule has 1 amide bonds. The van der Waals surface area contributed by atoms with Gasteiger partial charge in [-0.25, -0.2) is 0 Å². The van der Waals surface area contributed by atoms with Gasteiger partial charge in [0.05, 0.1) is 23.2 Å². The van der Waals surface area contributed by atoms with Crippen molar-refractivity contribution in [3.8, 4) is 6.07 Å². The molecule has 3 rings (SSSR count). The van der Waals surface area contributed by atoms with E-state index >= 15 is 0 Å². The highest BCUT2D eigenvalue weighted by Gasteiger charge is 2.32. The fourth-order valence-corrected chi connectivity index (χ4v) is 3.03. The second kappa shape index (κ2) is 6.98. The van der Waals surface area contributed by atoms with E-state index in [-0.39, 0.29) is 5.91 Å². The Labute approximate surface area is 156 Å². The first-order valence-electron chi connectivity index (χ1n) is 7.90. The van der Waals surface area contributed by atoms with Gasteiger partial charge in [0, 0.05) is 18.8 Å². The number of anilines is 1. The van der Waals surface area contributed by atoms with Crippen molar-refractivity contribution in [2.24, 2.45) is 0 Å². The summed E-state index contributed by atoms with van der Waals surface area (Å²) in [4.78, 5) is 14.7. The molecule has 26 heavy (non-hydrogen) atoms. The quantitative estimate of drug-likeness (QED) is 0.805. The maximum atomic E-state index is 13.0. The fraction of sp³-hybridized carbons (Fsp3) is 0.222. The van der Waals surface area contributed by atoms with Crippen LogP contribution in [0.5, 0.6) is 0 Å². The first kappa shape index (κ1) is 17.6. The molecule has 0 bridgehead atoms. The molecule has 2 aromatic rings. The summed E-state index contributed by atoms with van der Waals surface area (Å²) < 4.78 is 5.00. The third kappa shape index (κ3) is 3.30. The average Bonchev–Trinajstić information content (AvgIpc) is 3.03. The maximum Gasteiger partial charge on any atom is 0.257 e. The number of hydrogen-bond acceptors (Lipinski definition) is 5. The van der Waals surface area contributed by atoms with E-state index in [9.17, 15) is 4.79 Å². The van der Waals surface area contributed by atoms with Crippen LogP contribution in [-0.4, -0.2) is 28.1 Å². The number of nitrogens with one attached hydrogen (secondary N) is 2. The molecule has 0 aliphatic carbocycles. The van der Waals surface area contributed by atoms with Crippen molar-refractivity contribution in [2.75, 3.05) is 12.4 Å². The van der Waals surface area contributed by atoms with Crippen molar-refractivity contribution in [1.82, 2.24) is 15.4 Å². The van der Waals surface area contributed by atoms with Gasteiger partial charge in [0.1, 0.15) is 5.76 Å². The van der Waals surface area contributed by atoms with Gasteiger partial charge in [0.25, 0.3) is 5.91 Å². The fourth-order valence-electron chi connectivity index (χ4n) is 2.78. The molecular formula is C18H17N5O2S. The molecule has 1 atom stereocenters. The van der Waals surface area contributed by atoms with Crippen molar-refractivity contribution >= 4 is 29.1 Å². The SMILES string of the molecule is CC1=C(C(=O)Nc2cc(C)on2)[C@@H](c2cccc(C#N)c2)NC(=S)N1C. The Morgan fingerprint density at radius 2 is 2.19 bits per heavy atom. The average molecular weight is 367 g/mol. The van der Waals surface area contributed by atoms with Gasteiger partial charge in [-0.1, -0.05) is 17.3 Å². The van der Waals surface area contributed by atoms with Gasteiger partial charge < -0.3 is 20.1 Å². The third-order valence-electron chi connectivity index (χ3n) is 4.22. The highest BCUT2D eigenvalue weighted by Crippen LogP contribution is 2.31. The number of aryl methyl sites for hydroxylation is 1. The highest BCUT2D eigenvalue weighted by atomic mass is 32.1. The Bertz CT molecular complexity index is 956. The van der Waals surface area contributed by atoms with Crippen LogP contribution in [-0.2, 0) is 4.79 Å². The number of thiocarbonyl (C=S) groups is 1. The minimum absolute atomic E-state index is 0.315. The summed E-state index contributed by atoms with van der Waals surface area (Å²) >= 11 is 5.37. The number of nitrogens with zero attached hydrogens (tertiary/aromatic N) is 3. The van der Waals surface area contributed by atoms with E-state index in [1.165, 1.54) is 0 Å². The lowest BCUT2D eigenvalue weighted by molar-refractivity contribution is -0.113. The summed E-state index contributed by atoms with van der Waals surface area (Å²) in [6, 6.07) is 10.4. The zero-order valence-corrected chi connectivity index (χ0v) is 15.3. The number of allylic oxidation sites excluding steroid dienone is 1. The molecule has 1 aliphatic rings. The highest BCUT2D eigenvalue weighted by molar-refractivity contribution is 7.80. The lowest BCUT2D eigenvalue weighted by Crippen LogP contribution is -2.46. The van der Waals surface area contributed by atoms with Crippen LogP contribution >= 0.6 is 12.2 Å². The molecule has 0 spiro atoms. The van der Waals surface area contributed by atoms with Crippen LogP contribution in [0, 0.1) is 18.3 Å². The number of amides is 1. The van der Waals surface area contributed by atoms with E-state index in [2.05, 4.69) is 21.9 Å². The Morgan fingerprint density at radius 1 is 1.42 bits per heavy atom. The first-order valence-corrected chi connectivity index (χ1v) is 8.31. The summed E-state index contributed by atoms with van der Waals surface area (Å²) in [5, 5.41) is 19.4. The smallest absolute Gasteiger partial charge is 0.257 e. The Balaban J connectivity index is 2.02.